The van der Waals surface area contributed by atoms with Crippen molar-refractivity contribution in [3.63, 3.8) is 0 Å². The number of pyridine rings is 1. The van der Waals surface area contributed by atoms with Gasteiger partial charge in [0.1, 0.15) is 5.75 Å². The molecule has 4 rings (SSSR count). The maximum atomic E-state index is 5.33. The van der Waals surface area contributed by atoms with Crippen molar-refractivity contribution < 1.29 is 4.74 Å². The van der Waals surface area contributed by atoms with Crippen LogP contribution in [0.15, 0.2) is 53.7 Å². The first-order valence-electron chi connectivity index (χ1n) is 10.8. The van der Waals surface area contributed by atoms with E-state index in [1.807, 2.05) is 40.9 Å². The summed E-state index contributed by atoms with van der Waals surface area (Å²) < 4.78 is 7.31. The highest BCUT2D eigenvalue weighted by Crippen LogP contribution is 2.35. The molecule has 2 atom stereocenters. The van der Waals surface area contributed by atoms with Crippen molar-refractivity contribution in [3.05, 3.63) is 60.0 Å². The number of fused-ring (bicyclic) bond motifs is 1. The first-order valence-corrected chi connectivity index (χ1v) is 10.8. The van der Waals surface area contributed by atoms with Crippen LogP contribution >= 0.6 is 0 Å². The van der Waals surface area contributed by atoms with Crippen molar-refractivity contribution >= 4 is 11.6 Å². The number of hydrogen-bond donors (Lipinski definition) is 2. The van der Waals surface area contributed by atoms with Crippen LogP contribution in [0.1, 0.15) is 30.3 Å². The Kier molecular flexibility index (Phi) is 6.66. The third-order valence-electron chi connectivity index (χ3n) is 6.02. The van der Waals surface area contributed by atoms with Gasteiger partial charge in [-0.25, -0.2) is 0 Å². The zero-order valence-electron chi connectivity index (χ0n) is 18.5. The van der Waals surface area contributed by atoms with E-state index in [2.05, 4.69) is 49.9 Å². The molecule has 1 aliphatic heterocycles. The predicted molar refractivity (Wildman–Crippen MR) is 122 cm³/mol. The number of hydrogen-bond acceptors (Lipinski definition) is 5. The molecule has 8 heteroatoms. The van der Waals surface area contributed by atoms with Gasteiger partial charge in [-0.2, -0.15) is 0 Å². The van der Waals surface area contributed by atoms with Gasteiger partial charge in [0.05, 0.1) is 13.7 Å². The van der Waals surface area contributed by atoms with Gasteiger partial charge >= 0.3 is 0 Å². The minimum absolute atomic E-state index is 0.366. The van der Waals surface area contributed by atoms with Crippen LogP contribution in [0, 0.1) is 5.92 Å². The second-order valence-corrected chi connectivity index (χ2v) is 7.95. The number of rotatable bonds is 6. The SMILES string of the molecule is CN=C(NCc1nnc2ccccn12)NCC1CCCN(C)C1c1ccc(OC)cc1. The molecule has 2 N–H and O–H groups in total. The van der Waals surface area contributed by atoms with Crippen molar-refractivity contribution in [2.24, 2.45) is 10.9 Å². The number of guanidine groups is 1. The molecule has 0 bridgehead atoms. The zero-order chi connectivity index (χ0) is 21.6. The molecule has 3 aromatic rings. The topological polar surface area (TPSA) is 79.1 Å². The Hall–Kier alpha value is -3.13. The molecule has 0 spiro atoms. The van der Waals surface area contributed by atoms with Crippen LogP contribution in [0.4, 0.5) is 0 Å². The molecule has 0 radical (unpaired) electrons. The third-order valence-corrected chi connectivity index (χ3v) is 6.02. The minimum Gasteiger partial charge on any atom is -0.497 e. The van der Waals surface area contributed by atoms with Crippen molar-refractivity contribution in [1.82, 2.24) is 30.1 Å². The molecule has 164 valence electrons. The van der Waals surface area contributed by atoms with Gasteiger partial charge in [0, 0.05) is 25.8 Å². The fourth-order valence-electron chi connectivity index (χ4n) is 4.42. The fourth-order valence-corrected chi connectivity index (χ4v) is 4.42. The zero-order valence-corrected chi connectivity index (χ0v) is 18.5. The highest BCUT2D eigenvalue weighted by Gasteiger charge is 2.30. The van der Waals surface area contributed by atoms with Crippen molar-refractivity contribution in [2.75, 3.05) is 34.3 Å². The van der Waals surface area contributed by atoms with E-state index in [4.69, 9.17) is 4.74 Å². The number of nitrogens with zero attached hydrogens (tertiary/aromatic N) is 5. The summed E-state index contributed by atoms with van der Waals surface area (Å²) in [7, 11) is 5.71. The van der Waals surface area contributed by atoms with E-state index >= 15 is 0 Å². The highest BCUT2D eigenvalue weighted by atomic mass is 16.5. The molecule has 1 aromatic carbocycles. The van der Waals surface area contributed by atoms with E-state index in [1.54, 1.807) is 14.2 Å². The van der Waals surface area contributed by atoms with Crippen LogP contribution in [0.3, 0.4) is 0 Å². The van der Waals surface area contributed by atoms with E-state index in [0.29, 0.717) is 18.5 Å². The van der Waals surface area contributed by atoms with E-state index < -0.39 is 0 Å². The second kappa shape index (κ2) is 9.78. The Morgan fingerprint density at radius 2 is 2.00 bits per heavy atom. The number of ether oxygens (including phenoxy) is 1. The van der Waals surface area contributed by atoms with Crippen molar-refractivity contribution in [3.8, 4) is 5.75 Å². The standard InChI is InChI=1S/C23H31N7O/c1-24-23(26-16-21-28-27-20-8-4-5-14-30(20)21)25-15-18-7-6-13-29(2)22(18)17-9-11-19(31-3)12-10-17/h4-5,8-12,14,18,22H,6-7,13,15-16H2,1-3H3,(H2,24,25,26). The maximum absolute atomic E-state index is 5.33. The summed E-state index contributed by atoms with van der Waals surface area (Å²) in [5.41, 5.74) is 2.17. The largest absolute Gasteiger partial charge is 0.497 e. The lowest BCUT2D eigenvalue weighted by atomic mass is 9.85. The predicted octanol–water partition coefficient (Wildman–Crippen LogP) is 2.49. The molecule has 2 unspecified atom stereocenters. The number of aliphatic imine (C=N–C) groups is 1. The summed E-state index contributed by atoms with van der Waals surface area (Å²) in [6, 6.07) is 14.7. The number of methoxy groups -OCH3 is 1. The van der Waals surface area contributed by atoms with Crippen molar-refractivity contribution in [2.45, 2.75) is 25.4 Å². The lowest BCUT2D eigenvalue weighted by molar-refractivity contribution is 0.122. The van der Waals surface area contributed by atoms with Gasteiger partial charge in [-0.05, 0) is 62.2 Å². The fraction of sp³-hybridized carbons (Fsp3) is 0.435. The molecular weight excluding hydrogens is 390 g/mol. The Balaban J connectivity index is 1.39. The number of likely N-dealkylation sites (tertiary alicyclic amines) is 1. The Bertz CT molecular complexity index is 1010. The molecule has 2 aromatic heterocycles. The maximum Gasteiger partial charge on any atom is 0.191 e. The van der Waals surface area contributed by atoms with Crippen LogP contribution in [-0.4, -0.2) is 59.8 Å². The van der Waals surface area contributed by atoms with Gasteiger partial charge in [0.2, 0.25) is 0 Å². The van der Waals surface area contributed by atoms with Gasteiger partial charge in [0.25, 0.3) is 0 Å². The average molecular weight is 422 g/mol. The first kappa shape index (κ1) is 21.1. The van der Waals surface area contributed by atoms with Crippen LogP contribution in [0.5, 0.6) is 5.75 Å². The lowest BCUT2D eigenvalue weighted by Gasteiger charge is -2.40. The number of aromatic nitrogens is 3. The van der Waals surface area contributed by atoms with Gasteiger partial charge in [-0.1, -0.05) is 18.2 Å². The molecule has 1 fully saturated rings. The third kappa shape index (κ3) is 4.80. The first-order chi connectivity index (χ1) is 15.2. The Morgan fingerprint density at radius 3 is 2.77 bits per heavy atom. The highest BCUT2D eigenvalue weighted by molar-refractivity contribution is 5.79. The Morgan fingerprint density at radius 1 is 1.16 bits per heavy atom. The monoisotopic (exact) mass is 421 g/mol. The summed E-state index contributed by atoms with van der Waals surface area (Å²) in [5.74, 6) is 3.00. The lowest BCUT2D eigenvalue weighted by Crippen LogP contribution is -2.45. The molecule has 0 aliphatic carbocycles. The quantitative estimate of drug-likeness (QED) is 0.470. The molecule has 8 nitrogen and oxygen atoms in total. The van der Waals surface area contributed by atoms with Gasteiger partial charge in [0.15, 0.2) is 17.4 Å². The molecule has 0 amide bonds. The molecule has 0 saturated carbocycles. The summed E-state index contributed by atoms with van der Waals surface area (Å²) in [4.78, 5) is 6.85. The van der Waals surface area contributed by atoms with Crippen LogP contribution in [-0.2, 0) is 6.54 Å². The Labute approximate surface area is 183 Å². The summed E-state index contributed by atoms with van der Waals surface area (Å²) in [6.45, 7) is 2.51. The molecule has 3 heterocycles. The van der Waals surface area contributed by atoms with Gasteiger partial charge in [-0.15, -0.1) is 10.2 Å². The van der Waals surface area contributed by atoms with Crippen molar-refractivity contribution in [1.29, 1.82) is 0 Å². The van der Waals surface area contributed by atoms with Gasteiger partial charge < -0.3 is 15.4 Å². The average Bonchev–Trinajstić information content (AvgIpc) is 3.22. The minimum atomic E-state index is 0.366. The summed E-state index contributed by atoms with van der Waals surface area (Å²) in [5, 5.41) is 15.4. The van der Waals surface area contributed by atoms with E-state index in [1.165, 1.54) is 18.4 Å². The second-order valence-electron chi connectivity index (χ2n) is 7.95. The molecular formula is C23H31N7O. The smallest absolute Gasteiger partial charge is 0.191 e. The molecule has 1 aliphatic rings. The van der Waals surface area contributed by atoms with Crippen LogP contribution < -0.4 is 15.4 Å². The number of piperidine rings is 1. The normalized spacial score (nSPS) is 20.0. The van der Waals surface area contributed by atoms with E-state index in [9.17, 15) is 0 Å². The van der Waals surface area contributed by atoms with E-state index in [-0.39, 0.29) is 0 Å². The van der Waals surface area contributed by atoms with E-state index in [0.717, 1.165) is 36.3 Å². The van der Waals surface area contributed by atoms with Crippen LogP contribution in [0.2, 0.25) is 0 Å². The number of benzene rings is 1. The summed E-state index contributed by atoms with van der Waals surface area (Å²) in [6.07, 6.45) is 4.35. The summed E-state index contributed by atoms with van der Waals surface area (Å²) >= 11 is 0. The molecule has 31 heavy (non-hydrogen) atoms. The van der Waals surface area contributed by atoms with Crippen LogP contribution in [0.25, 0.3) is 5.65 Å². The molecule has 1 saturated heterocycles. The number of nitrogens with one attached hydrogen (secondary N) is 2. The van der Waals surface area contributed by atoms with Gasteiger partial charge in [-0.3, -0.25) is 14.3 Å².